The molecule has 0 heterocycles. The van der Waals surface area contributed by atoms with Crippen molar-refractivity contribution >= 4 is 21.9 Å². The van der Waals surface area contributed by atoms with E-state index in [0.717, 1.165) is 11.1 Å². The topological polar surface area (TPSA) is 58.9 Å². The third-order valence-electron chi connectivity index (χ3n) is 1.43. The summed E-state index contributed by atoms with van der Waals surface area (Å²) in [6.07, 6.45) is 0. The van der Waals surface area contributed by atoms with Crippen LogP contribution in [-0.2, 0) is 9.14 Å². The molecule has 0 radical (unpaired) electrons. The summed E-state index contributed by atoms with van der Waals surface area (Å²) in [6, 6.07) is 0. The maximum Gasteiger partial charge on any atom is 0.469 e. The number of rotatable bonds is 6. The fourth-order valence-corrected chi connectivity index (χ4v) is 0.845. The summed E-state index contributed by atoms with van der Waals surface area (Å²) in [7, 11) is -2.14. The van der Waals surface area contributed by atoms with Crippen molar-refractivity contribution in [2.75, 3.05) is 0 Å². The molecule has 82 valence electrons. The molecule has 0 aromatic heterocycles. The van der Waals surface area contributed by atoms with Gasteiger partial charge in [-0.2, -0.15) is 0 Å². The number of hydrogen-bond donors (Lipinski definition) is 2. The Morgan fingerprint density at radius 3 is 1.53 bits per heavy atom. The molecule has 15 heavy (non-hydrogen) atoms. The van der Waals surface area contributed by atoms with E-state index in [1.54, 1.807) is 12.0 Å². The molecule has 0 amide bonds. The van der Waals surface area contributed by atoms with Crippen LogP contribution in [0.2, 0.25) is 0 Å². The van der Waals surface area contributed by atoms with Gasteiger partial charge in [0, 0.05) is 0 Å². The second kappa shape index (κ2) is 7.76. The summed E-state index contributed by atoms with van der Waals surface area (Å²) < 4.78 is 9.75. The summed E-state index contributed by atoms with van der Waals surface area (Å²) in [5, 5.41) is 18.5. The van der Waals surface area contributed by atoms with Crippen LogP contribution in [-0.4, -0.2) is 32.0 Å². The highest BCUT2D eigenvalue weighted by molar-refractivity contribution is 6.60. The van der Waals surface area contributed by atoms with Crippen LogP contribution in [0.25, 0.3) is 0 Å². The van der Waals surface area contributed by atoms with Crippen molar-refractivity contribution in [2.45, 2.75) is 27.7 Å². The molecule has 0 saturated heterocycles. The highest BCUT2D eigenvalue weighted by Crippen LogP contribution is 1.94. The van der Waals surface area contributed by atoms with E-state index in [-0.39, 0.29) is 7.69 Å². The Morgan fingerprint density at radius 2 is 1.27 bits per heavy atom. The Balaban J connectivity index is 3.71. The summed E-state index contributed by atoms with van der Waals surface area (Å²) in [5.41, 5.74) is 1.90. The van der Waals surface area contributed by atoms with Crippen molar-refractivity contribution in [3.05, 3.63) is 23.1 Å². The first-order chi connectivity index (χ1) is 6.91. The fraction of sp³-hybridized carbons (Fsp3) is 0.500. The minimum Gasteiger partial charge on any atom is -0.451 e. The minimum atomic E-state index is -0.992. The first-order valence-electron chi connectivity index (χ1n) is 4.81. The molecule has 0 fully saturated rings. The van der Waals surface area contributed by atoms with Gasteiger partial charge in [-0.15, -0.1) is 0 Å². The molecule has 0 atom stereocenters. The van der Waals surface area contributed by atoms with Crippen molar-refractivity contribution in [3.8, 4) is 0 Å². The molecular weight excluding hydrogens is 193 g/mol. The lowest BCUT2D eigenvalue weighted by Gasteiger charge is -2.06. The SMILES string of the molecule is CC(C)=CB(O)OBOB(O)C=C(C)C. The largest absolute Gasteiger partial charge is 0.469 e. The Hall–Kier alpha value is -0.485. The van der Waals surface area contributed by atoms with E-state index in [9.17, 15) is 10.0 Å². The van der Waals surface area contributed by atoms with Crippen LogP contribution in [0.1, 0.15) is 27.7 Å². The van der Waals surface area contributed by atoms with Gasteiger partial charge in [0.05, 0.1) is 0 Å². The molecular formula is C8H17B3O4. The molecule has 0 bridgehead atoms. The first-order valence-corrected chi connectivity index (χ1v) is 4.81. The molecule has 0 saturated carbocycles. The number of hydrogen-bond acceptors (Lipinski definition) is 4. The molecule has 0 aliphatic carbocycles. The predicted molar refractivity (Wildman–Crippen MR) is 64.1 cm³/mol. The Labute approximate surface area is 92.6 Å². The molecule has 7 heteroatoms. The lowest BCUT2D eigenvalue weighted by Crippen LogP contribution is -2.26. The Kier molecular flexibility index (Phi) is 7.51. The van der Waals surface area contributed by atoms with Crippen molar-refractivity contribution in [3.63, 3.8) is 0 Å². The molecule has 0 unspecified atom stereocenters. The standard InChI is InChI=1S/C8H17B3O4/c1-7(2)5-10(12)14-9-15-11(13)6-8(3)4/h5-6,9,12-13H,1-4H3. The summed E-state index contributed by atoms with van der Waals surface area (Å²) >= 11 is 0. The van der Waals surface area contributed by atoms with Crippen LogP contribution in [0.5, 0.6) is 0 Å². The summed E-state index contributed by atoms with van der Waals surface area (Å²) in [4.78, 5) is 0. The first kappa shape index (κ1) is 14.5. The van der Waals surface area contributed by atoms with Crippen LogP contribution < -0.4 is 0 Å². The minimum absolute atomic E-state index is 0.157. The lowest BCUT2D eigenvalue weighted by molar-refractivity contribution is 0.367. The van der Waals surface area contributed by atoms with Crippen LogP contribution in [0.15, 0.2) is 23.1 Å². The average molecular weight is 210 g/mol. The lowest BCUT2D eigenvalue weighted by atomic mass is 9.84. The molecule has 0 aliphatic heterocycles. The molecule has 0 aromatic carbocycles. The normalized spacial score (nSPS) is 9.20. The average Bonchev–Trinajstić information content (AvgIpc) is 2.00. The molecule has 2 N–H and O–H groups in total. The van der Waals surface area contributed by atoms with Gasteiger partial charge < -0.3 is 19.2 Å². The third-order valence-corrected chi connectivity index (χ3v) is 1.43. The zero-order chi connectivity index (χ0) is 11.8. The van der Waals surface area contributed by atoms with Crippen molar-refractivity contribution in [1.82, 2.24) is 0 Å². The quantitative estimate of drug-likeness (QED) is 0.616. The van der Waals surface area contributed by atoms with Crippen LogP contribution in [0.3, 0.4) is 0 Å². The van der Waals surface area contributed by atoms with E-state index < -0.39 is 14.2 Å². The molecule has 4 nitrogen and oxygen atoms in total. The van der Waals surface area contributed by atoms with E-state index in [1.165, 1.54) is 0 Å². The number of allylic oxidation sites excluding steroid dienone is 2. The highest BCUT2D eigenvalue weighted by Gasteiger charge is 2.13. The van der Waals surface area contributed by atoms with Gasteiger partial charge >= 0.3 is 21.9 Å². The molecule has 0 aliphatic rings. The summed E-state index contributed by atoms with van der Waals surface area (Å²) in [6.45, 7) is 7.41. The van der Waals surface area contributed by atoms with Gasteiger partial charge in [0.1, 0.15) is 0 Å². The van der Waals surface area contributed by atoms with Crippen LogP contribution in [0.4, 0.5) is 0 Å². The van der Waals surface area contributed by atoms with Gasteiger partial charge in [-0.25, -0.2) is 0 Å². The van der Waals surface area contributed by atoms with E-state index >= 15 is 0 Å². The monoisotopic (exact) mass is 210 g/mol. The smallest absolute Gasteiger partial charge is 0.451 e. The summed E-state index contributed by atoms with van der Waals surface area (Å²) in [5.74, 6) is 3.10. The second-order valence-corrected chi connectivity index (χ2v) is 3.72. The fourth-order valence-electron chi connectivity index (χ4n) is 0.845. The van der Waals surface area contributed by atoms with Crippen LogP contribution in [0, 0.1) is 0 Å². The van der Waals surface area contributed by atoms with E-state index in [1.807, 2.05) is 27.7 Å². The zero-order valence-electron chi connectivity index (χ0n) is 9.73. The van der Waals surface area contributed by atoms with Crippen LogP contribution >= 0.6 is 0 Å². The highest BCUT2D eigenvalue weighted by atomic mass is 16.6. The maximum absolute atomic E-state index is 9.24. The van der Waals surface area contributed by atoms with Gasteiger partial charge in [0.25, 0.3) is 0 Å². The van der Waals surface area contributed by atoms with E-state index in [2.05, 4.69) is 0 Å². The zero-order valence-corrected chi connectivity index (χ0v) is 9.73. The van der Waals surface area contributed by atoms with Crippen molar-refractivity contribution in [1.29, 1.82) is 0 Å². The third kappa shape index (κ3) is 9.81. The molecule has 0 rings (SSSR count). The second-order valence-electron chi connectivity index (χ2n) is 3.72. The van der Waals surface area contributed by atoms with Gasteiger partial charge in [-0.05, 0) is 27.7 Å². The maximum atomic E-state index is 9.24. The molecule has 0 spiro atoms. The Bertz CT molecular complexity index is 210. The van der Waals surface area contributed by atoms with E-state index in [0.29, 0.717) is 0 Å². The van der Waals surface area contributed by atoms with Crippen molar-refractivity contribution in [2.24, 2.45) is 0 Å². The van der Waals surface area contributed by atoms with Crippen molar-refractivity contribution < 1.29 is 19.2 Å². The predicted octanol–water partition coefficient (Wildman–Crippen LogP) is 0.258. The molecule has 0 aromatic rings. The van der Waals surface area contributed by atoms with Gasteiger partial charge in [-0.3, -0.25) is 0 Å². The Morgan fingerprint density at radius 1 is 0.933 bits per heavy atom. The van der Waals surface area contributed by atoms with Gasteiger partial charge in [0.15, 0.2) is 0 Å². The van der Waals surface area contributed by atoms with E-state index in [4.69, 9.17) is 9.14 Å². The van der Waals surface area contributed by atoms with Gasteiger partial charge in [0.2, 0.25) is 0 Å². The van der Waals surface area contributed by atoms with Gasteiger partial charge in [-0.1, -0.05) is 23.1 Å².